The number of nitrogens with one attached hydrogen (secondary N) is 1. The molecule has 1 aliphatic rings. The summed E-state index contributed by atoms with van der Waals surface area (Å²) >= 11 is 0. The smallest absolute Gasteiger partial charge is 0.245 e. The molecule has 0 spiro atoms. The first kappa shape index (κ1) is 13.8. The second kappa shape index (κ2) is 4.81. The molecule has 1 amide bonds. The molecule has 104 valence electrons. The molecule has 1 saturated heterocycles. The SMILES string of the molecule is C[C@H](O)c1ccc(N2CCNC(=O)C2(C)C)c(F)c1. The van der Waals surface area contributed by atoms with Crippen molar-refractivity contribution in [1.29, 1.82) is 0 Å². The molecule has 1 fully saturated rings. The first-order valence-corrected chi connectivity index (χ1v) is 6.37. The van der Waals surface area contributed by atoms with Gasteiger partial charge in [0.05, 0.1) is 11.8 Å². The van der Waals surface area contributed by atoms with Gasteiger partial charge in [0.25, 0.3) is 0 Å². The number of amides is 1. The summed E-state index contributed by atoms with van der Waals surface area (Å²) in [5, 5.41) is 12.2. The van der Waals surface area contributed by atoms with Gasteiger partial charge in [0, 0.05) is 13.1 Å². The number of hydrogen-bond acceptors (Lipinski definition) is 3. The molecule has 0 radical (unpaired) electrons. The summed E-state index contributed by atoms with van der Waals surface area (Å²) < 4.78 is 14.2. The van der Waals surface area contributed by atoms with Gasteiger partial charge in [0.1, 0.15) is 11.4 Å². The number of halogens is 1. The van der Waals surface area contributed by atoms with Crippen LogP contribution in [-0.2, 0) is 4.79 Å². The number of nitrogens with zero attached hydrogens (tertiary/aromatic N) is 1. The summed E-state index contributed by atoms with van der Waals surface area (Å²) in [6.07, 6.45) is -0.707. The number of aliphatic hydroxyl groups excluding tert-OH is 1. The van der Waals surface area contributed by atoms with Gasteiger partial charge in [-0.1, -0.05) is 6.07 Å². The van der Waals surface area contributed by atoms with Gasteiger partial charge in [-0.3, -0.25) is 4.79 Å². The van der Waals surface area contributed by atoms with Gasteiger partial charge in [0.2, 0.25) is 5.91 Å². The van der Waals surface area contributed by atoms with Crippen LogP contribution < -0.4 is 10.2 Å². The number of piperazine rings is 1. The van der Waals surface area contributed by atoms with E-state index < -0.39 is 17.5 Å². The van der Waals surface area contributed by atoms with Crippen LogP contribution in [-0.4, -0.2) is 29.6 Å². The fourth-order valence-corrected chi connectivity index (χ4v) is 2.32. The minimum Gasteiger partial charge on any atom is -0.389 e. The Morgan fingerprint density at radius 3 is 2.74 bits per heavy atom. The van der Waals surface area contributed by atoms with E-state index in [2.05, 4.69) is 5.32 Å². The van der Waals surface area contributed by atoms with Gasteiger partial charge in [-0.2, -0.15) is 0 Å². The summed E-state index contributed by atoms with van der Waals surface area (Å²) in [5.41, 5.74) is 0.135. The standard InChI is InChI=1S/C14H19FN2O2/c1-9(18)10-4-5-12(11(15)8-10)17-7-6-16-13(19)14(17,2)3/h4-5,8-9,18H,6-7H2,1-3H3,(H,16,19)/t9-/m0/s1. The molecule has 1 aromatic carbocycles. The van der Waals surface area contributed by atoms with Gasteiger partial charge >= 0.3 is 0 Å². The van der Waals surface area contributed by atoms with Gasteiger partial charge in [0.15, 0.2) is 0 Å². The number of benzene rings is 1. The highest BCUT2D eigenvalue weighted by atomic mass is 19.1. The van der Waals surface area contributed by atoms with Crippen LogP contribution in [0.5, 0.6) is 0 Å². The second-order valence-electron chi connectivity index (χ2n) is 5.35. The van der Waals surface area contributed by atoms with Gasteiger partial charge in [-0.25, -0.2) is 4.39 Å². The second-order valence-corrected chi connectivity index (χ2v) is 5.35. The van der Waals surface area contributed by atoms with E-state index in [0.717, 1.165) is 0 Å². The predicted molar refractivity (Wildman–Crippen MR) is 71.5 cm³/mol. The third kappa shape index (κ3) is 2.42. The van der Waals surface area contributed by atoms with Gasteiger partial charge in [-0.05, 0) is 38.5 Å². The zero-order valence-corrected chi connectivity index (χ0v) is 11.4. The third-order valence-electron chi connectivity index (χ3n) is 3.60. The Morgan fingerprint density at radius 1 is 1.47 bits per heavy atom. The van der Waals surface area contributed by atoms with Crippen molar-refractivity contribution in [3.63, 3.8) is 0 Å². The van der Waals surface area contributed by atoms with Gasteiger partial charge < -0.3 is 15.3 Å². The van der Waals surface area contributed by atoms with E-state index in [9.17, 15) is 14.3 Å². The normalized spacial score (nSPS) is 20.1. The number of anilines is 1. The molecular formula is C14H19FN2O2. The van der Waals surface area contributed by atoms with Crippen LogP contribution in [0.4, 0.5) is 10.1 Å². The maximum Gasteiger partial charge on any atom is 0.245 e. The molecule has 0 aliphatic carbocycles. The molecule has 0 saturated carbocycles. The lowest BCUT2D eigenvalue weighted by Crippen LogP contribution is -2.62. The number of hydrogen-bond donors (Lipinski definition) is 2. The lowest BCUT2D eigenvalue weighted by molar-refractivity contribution is -0.126. The van der Waals surface area contributed by atoms with Crippen molar-refractivity contribution in [1.82, 2.24) is 5.32 Å². The van der Waals surface area contributed by atoms with Crippen molar-refractivity contribution < 1.29 is 14.3 Å². The van der Waals surface area contributed by atoms with E-state index in [1.807, 2.05) is 0 Å². The van der Waals surface area contributed by atoms with Crippen molar-refractivity contribution in [3.05, 3.63) is 29.6 Å². The fraction of sp³-hybridized carbons (Fsp3) is 0.500. The van der Waals surface area contributed by atoms with E-state index in [4.69, 9.17) is 0 Å². The average molecular weight is 266 g/mol. The van der Waals surface area contributed by atoms with E-state index in [0.29, 0.717) is 24.3 Å². The summed E-state index contributed by atoms with van der Waals surface area (Å²) in [4.78, 5) is 13.6. The van der Waals surface area contributed by atoms with Gasteiger partial charge in [-0.15, -0.1) is 0 Å². The summed E-state index contributed by atoms with van der Waals surface area (Å²) in [6.45, 7) is 6.18. The topological polar surface area (TPSA) is 52.6 Å². The lowest BCUT2D eigenvalue weighted by atomic mass is 9.97. The van der Waals surface area contributed by atoms with Crippen LogP contribution in [0.15, 0.2) is 18.2 Å². The Morgan fingerprint density at radius 2 is 2.16 bits per heavy atom. The van der Waals surface area contributed by atoms with Crippen LogP contribution in [0.1, 0.15) is 32.4 Å². The molecule has 0 bridgehead atoms. The van der Waals surface area contributed by atoms with Crippen molar-refractivity contribution in [2.75, 3.05) is 18.0 Å². The highest BCUT2D eigenvalue weighted by molar-refractivity contribution is 5.90. The van der Waals surface area contributed by atoms with Crippen molar-refractivity contribution in [3.8, 4) is 0 Å². The molecule has 2 rings (SSSR count). The highest BCUT2D eigenvalue weighted by Gasteiger charge is 2.38. The van der Waals surface area contributed by atoms with Crippen LogP contribution in [0.25, 0.3) is 0 Å². The summed E-state index contributed by atoms with van der Waals surface area (Å²) in [6, 6.07) is 4.63. The lowest BCUT2D eigenvalue weighted by Gasteiger charge is -2.43. The molecule has 1 aromatic rings. The average Bonchev–Trinajstić information content (AvgIpc) is 2.33. The highest BCUT2D eigenvalue weighted by Crippen LogP contribution is 2.30. The van der Waals surface area contributed by atoms with Crippen molar-refractivity contribution in [2.24, 2.45) is 0 Å². The quantitative estimate of drug-likeness (QED) is 0.854. The number of carbonyl (C=O) groups excluding carboxylic acids is 1. The van der Waals surface area contributed by atoms with Crippen LogP contribution >= 0.6 is 0 Å². The van der Waals surface area contributed by atoms with Crippen LogP contribution in [0.2, 0.25) is 0 Å². The molecule has 1 heterocycles. The van der Waals surface area contributed by atoms with Crippen LogP contribution in [0, 0.1) is 5.82 Å². The zero-order chi connectivity index (χ0) is 14.2. The Bertz CT molecular complexity index is 500. The van der Waals surface area contributed by atoms with E-state index in [-0.39, 0.29) is 5.91 Å². The van der Waals surface area contributed by atoms with Crippen molar-refractivity contribution >= 4 is 11.6 Å². The number of carbonyl (C=O) groups is 1. The van der Waals surface area contributed by atoms with Crippen molar-refractivity contribution in [2.45, 2.75) is 32.4 Å². The maximum absolute atomic E-state index is 14.2. The van der Waals surface area contributed by atoms with Crippen LogP contribution in [0.3, 0.4) is 0 Å². The Kier molecular flexibility index (Phi) is 3.49. The number of aliphatic hydroxyl groups is 1. The first-order valence-electron chi connectivity index (χ1n) is 6.37. The Hall–Kier alpha value is -1.62. The molecule has 0 unspecified atom stereocenters. The maximum atomic E-state index is 14.2. The molecule has 1 atom stereocenters. The molecule has 4 nitrogen and oxygen atoms in total. The first-order chi connectivity index (χ1) is 8.84. The molecule has 0 aromatic heterocycles. The Labute approximate surface area is 112 Å². The van der Waals surface area contributed by atoms with E-state index in [1.165, 1.54) is 6.07 Å². The largest absolute Gasteiger partial charge is 0.389 e. The minimum absolute atomic E-state index is 0.113. The van der Waals surface area contributed by atoms with E-state index >= 15 is 0 Å². The monoisotopic (exact) mass is 266 g/mol. The Balaban J connectivity index is 2.38. The molecule has 5 heteroatoms. The third-order valence-corrected chi connectivity index (χ3v) is 3.60. The number of rotatable bonds is 2. The molecule has 1 aliphatic heterocycles. The van der Waals surface area contributed by atoms with E-state index in [1.54, 1.807) is 37.8 Å². The predicted octanol–water partition coefficient (Wildman–Crippen LogP) is 1.59. The minimum atomic E-state index is -0.786. The summed E-state index contributed by atoms with van der Waals surface area (Å²) in [7, 11) is 0. The fourth-order valence-electron chi connectivity index (χ4n) is 2.32. The molecular weight excluding hydrogens is 247 g/mol. The molecule has 19 heavy (non-hydrogen) atoms. The molecule has 2 N–H and O–H groups in total. The summed E-state index contributed by atoms with van der Waals surface area (Å²) in [5.74, 6) is -0.529. The zero-order valence-electron chi connectivity index (χ0n) is 11.4.